The van der Waals surface area contributed by atoms with Crippen LogP contribution in [0.3, 0.4) is 0 Å². The zero-order valence-corrected chi connectivity index (χ0v) is 32.2. The summed E-state index contributed by atoms with van der Waals surface area (Å²) in [7, 11) is 0. The molecule has 11 N–H and O–H groups in total. The second-order valence-electron chi connectivity index (χ2n) is 14.9. The Balaban J connectivity index is 1.48. The van der Waals surface area contributed by atoms with Crippen LogP contribution in [0, 0.1) is 0 Å². The number of rotatable bonds is 20. The van der Waals surface area contributed by atoms with E-state index < -0.39 is 128 Å². The topological polar surface area (TPSA) is 312 Å². The Hall–Kier alpha value is -3.12. The largest absolute Gasteiger partial charge is 0.394 e. The lowest BCUT2D eigenvalue weighted by Gasteiger charge is -2.47. The molecule has 0 aromatic carbocycles. The highest BCUT2D eigenvalue weighted by Gasteiger charge is 2.53. The summed E-state index contributed by atoms with van der Waals surface area (Å²) < 4.78 is 24.1. The van der Waals surface area contributed by atoms with E-state index in [2.05, 4.69) is 17.6 Å². The molecule has 3 fully saturated rings. The lowest BCUT2D eigenvalue weighted by atomic mass is 9.91. The minimum Gasteiger partial charge on any atom is -0.394 e. The van der Waals surface area contributed by atoms with Crippen LogP contribution in [-0.4, -0.2) is 155 Å². The van der Waals surface area contributed by atoms with Crippen LogP contribution >= 0.6 is 0 Å². The quantitative estimate of drug-likeness (QED) is 0.0470. The number of hydrogen-bond acceptors (Lipinski definition) is 16. The van der Waals surface area contributed by atoms with Gasteiger partial charge in [0.15, 0.2) is 18.8 Å². The molecule has 20 heteroatoms. The van der Waals surface area contributed by atoms with E-state index >= 15 is 0 Å². The van der Waals surface area contributed by atoms with Gasteiger partial charge in [0.1, 0.15) is 60.9 Å². The van der Waals surface area contributed by atoms with Gasteiger partial charge in [-0.3, -0.25) is 23.9 Å². The Labute approximate surface area is 329 Å². The Morgan fingerprint density at radius 2 is 1.40 bits per heavy atom. The third-order valence-electron chi connectivity index (χ3n) is 10.5. The van der Waals surface area contributed by atoms with Gasteiger partial charge in [-0.05, 0) is 18.9 Å². The van der Waals surface area contributed by atoms with Crippen molar-refractivity contribution in [2.24, 2.45) is 0 Å². The van der Waals surface area contributed by atoms with E-state index in [1.165, 1.54) is 38.2 Å². The van der Waals surface area contributed by atoms with Crippen molar-refractivity contribution in [1.82, 2.24) is 20.2 Å². The van der Waals surface area contributed by atoms with Crippen LogP contribution in [0.1, 0.15) is 90.7 Å². The number of aromatic amines is 1. The molecule has 0 spiro atoms. The summed E-state index contributed by atoms with van der Waals surface area (Å²) in [6, 6.07) is -2.01. The molecule has 3 aliphatic heterocycles. The van der Waals surface area contributed by atoms with Crippen molar-refractivity contribution in [1.29, 1.82) is 0 Å². The lowest BCUT2D eigenvalue weighted by Crippen LogP contribution is -2.68. The first-order valence-electron chi connectivity index (χ1n) is 19.7. The van der Waals surface area contributed by atoms with Gasteiger partial charge < -0.3 is 70.4 Å². The van der Waals surface area contributed by atoms with Crippen molar-refractivity contribution in [2.75, 3.05) is 6.61 Å². The van der Waals surface area contributed by atoms with Crippen molar-refractivity contribution in [2.45, 2.75) is 176 Å². The fourth-order valence-corrected chi connectivity index (χ4v) is 7.32. The first kappa shape index (κ1) is 46.6. The van der Waals surface area contributed by atoms with Crippen molar-refractivity contribution in [3.63, 3.8) is 0 Å². The predicted molar refractivity (Wildman–Crippen MR) is 198 cm³/mol. The Bertz CT molecular complexity index is 1560. The first-order valence-corrected chi connectivity index (χ1v) is 19.7. The number of nitrogens with zero attached hydrogens (tertiary/aromatic N) is 1. The molecule has 4 heterocycles. The van der Waals surface area contributed by atoms with Gasteiger partial charge in [0.05, 0.1) is 18.8 Å². The maximum atomic E-state index is 13.1. The van der Waals surface area contributed by atoms with Crippen LogP contribution < -0.4 is 21.9 Å². The summed E-state index contributed by atoms with van der Waals surface area (Å²) in [5, 5.41) is 91.3. The van der Waals surface area contributed by atoms with E-state index in [9.17, 15) is 60.0 Å². The average Bonchev–Trinajstić information content (AvgIpc) is 3.46. The molecule has 20 nitrogen and oxygen atoms in total. The molecule has 0 aliphatic carbocycles. The van der Waals surface area contributed by atoms with Gasteiger partial charge in [0.25, 0.3) is 5.56 Å². The third kappa shape index (κ3) is 12.4. The zero-order valence-electron chi connectivity index (χ0n) is 32.2. The maximum Gasteiger partial charge on any atom is 0.330 e. The molecule has 324 valence electrons. The molecular weight excluding hydrogens is 756 g/mol. The summed E-state index contributed by atoms with van der Waals surface area (Å²) in [6.45, 7) is 2.52. The van der Waals surface area contributed by atoms with E-state index in [1.807, 2.05) is 4.98 Å². The third-order valence-corrected chi connectivity index (χ3v) is 10.5. The molecule has 0 radical (unpaired) electrons. The molecule has 1 aromatic rings. The highest BCUT2D eigenvalue weighted by molar-refractivity contribution is 5.87. The van der Waals surface area contributed by atoms with E-state index in [4.69, 9.17) is 18.9 Å². The number of nitrogens with one attached hydrogen (secondary N) is 3. The maximum absolute atomic E-state index is 13.1. The van der Waals surface area contributed by atoms with Crippen molar-refractivity contribution in [3.8, 4) is 0 Å². The van der Waals surface area contributed by atoms with Gasteiger partial charge in [-0.2, -0.15) is 0 Å². The molecule has 2 amide bonds. The molecule has 0 saturated carbocycles. The van der Waals surface area contributed by atoms with E-state index in [0.717, 1.165) is 49.4 Å². The summed E-state index contributed by atoms with van der Waals surface area (Å²) in [4.78, 5) is 51.0. The van der Waals surface area contributed by atoms with Crippen LogP contribution in [0.15, 0.2) is 34.0 Å². The second-order valence-corrected chi connectivity index (χ2v) is 14.9. The molecule has 0 bridgehead atoms. The lowest BCUT2D eigenvalue weighted by molar-refractivity contribution is -0.346. The number of aliphatic hydroxyl groups is 8. The van der Waals surface area contributed by atoms with Crippen LogP contribution in [0.4, 0.5) is 0 Å². The first-order chi connectivity index (χ1) is 27.2. The molecule has 57 heavy (non-hydrogen) atoms. The Morgan fingerprint density at radius 1 is 0.825 bits per heavy atom. The van der Waals surface area contributed by atoms with Gasteiger partial charge in [-0.1, -0.05) is 64.4 Å². The molecule has 15 unspecified atom stereocenters. The number of carbonyl (C=O) groups is 2. The molecule has 3 saturated heterocycles. The van der Waals surface area contributed by atoms with Crippen LogP contribution in [0.25, 0.3) is 0 Å². The molecule has 3 aliphatic rings. The van der Waals surface area contributed by atoms with E-state index in [0.29, 0.717) is 6.42 Å². The fraction of sp³-hybridized carbons (Fsp3) is 0.784. The Kier molecular flexibility index (Phi) is 18.2. The van der Waals surface area contributed by atoms with Crippen LogP contribution in [0.5, 0.6) is 0 Å². The number of H-pyrrole nitrogens is 1. The summed E-state index contributed by atoms with van der Waals surface area (Å²) >= 11 is 0. The van der Waals surface area contributed by atoms with Gasteiger partial charge >= 0.3 is 5.69 Å². The van der Waals surface area contributed by atoms with Gasteiger partial charge in [-0.25, -0.2) is 4.79 Å². The van der Waals surface area contributed by atoms with Gasteiger partial charge in [-0.15, -0.1) is 0 Å². The van der Waals surface area contributed by atoms with Crippen molar-refractivity contribution < 1.29 is 69.4 Å². The normalized spacial score (nSPS) is 35.0. The minimum absolute atomic E-state index is 0.597. The molecule has 15 atom stereocenters. The summed E-state index contributed by atoms with van der Waals surface area (Å²) in [5.74, 6) is -1.35. The van der Waals surface area contributed by atoms with Crippen molar-refractivity contribution in [3.05, 3.63) is 45.3 Å². The van der Waals surface area contributed by atoms with E-state index in [-0.39, 0.29) is 0 Å². The SMILES string of the molecule is CCCCCCCCCCC/C=C\C(=O)NC1C(OC2OC(CO)C(O)C(O)C2NC(C)=O)OC(CC(O)C2OC(n3ccc(=O)[nH]c3=O)C(O)C2O)C(O)C1O. The number of aromatic nitrogens is 2. The van der Waals surface area contributed by atoms with Crippen LogP contribution in [-0.2, 0) is 28.5 Å². The molecule has 4 rings (SSSR count). The number of ether oxygens (including phenoxy) is 4. The van der Waals surface area contributed by atoms with Gasteiger partial charge in [0.2, 0.25) is 11.8 Å². The smallest absolute Gasteiger partial charge is 0.330 e. The number of amides is 2. The monoisotopic (exact) mass is 816 g/mol. The zero-order chi connectivity index (χ0) is 41.8. The highest BCUT2D eigenvalue weighted by atomic mass is 16.8. The average molecular weight is 817 g/mol. The Morgan fingerprint density at radius 3 is 2.00 bits per heavy atom. The number of allylic oxidation sites excluding steroid dienone is 1. The molecule has 1 aromatic heterocycles. The fourth-order valence-electron chi connectivity index (χ4n) is 7.32. The number of aliphatic hydroxyl groups excluding tert-OH is 8. The van der Waals surface area contributed by atoms with Crippen molar-refractivity contribution >= 4 is 11.8 Å². The molecular formula is C37H60N4O16. The number of unbranched alkanes of at least 4 members (excludes halogenated alkanes) is 9. The highest BCUT2D eigenvalue weighted by Crippen LogP contribution is 2.34. The second kappa shape index (κ2) is 22.3. The standard InChI is InChI=1S/C37H60N4O16/c1-3-4-5-6-7-8-9-10-11-12-13-14-23(45)39-26-30(50)27(47)21(54-36(26)57-35-25(38-19(2)43)29(49)28(48)22(18-42)55-35)17-20(44)33-31(51)32(52)34(56-33)41-16-15-24(46)40-37(41)53/h13-16,20-22,25-36,42,44,47-52H,3-12,17-18H2,1-2H3,(H,38,43)(H,39,45)(H,40,46,53)/b14-13-. The minimum atomic E-state index is -1.85. The number of carbonyl (C=O) groups excluding carboxylic acids is 2. The van der Waals surface area contributed by atoms with Crippen LogP contribution in [0.2, 0.25) is 0 Å². The number of hydrogen-bond donors (Lipinski definition) is 11. The summed E-state index contributed by atoms with van der Waals surface area (Å²) in [6.07, 6.45) is -7.70. The summed E-state index contributed by atoms with van der Waals surface area (Å²) in [5.41, 5.74) is -1.68. The van der Waals surface area contributed by atoms with E-state index in [1.54, 1.807) is 6.08 Å². The predicted octanol–water partition coefficient (Wildman–Crippen LogP) is -2.72. The van der Waals surface area contributed by atoms with Gasteiger partial charge in [0, 0.05) is 25.6 Å².